The first-order valence-corrected chi connectivity index (χ1v) is 5.57. The van der Waals surface area contributed by atoms with E-state index >= 15 is 0 Å². The van der Waals surface area contributed by atoms with Crippen molar-refractivity contribution in [2.45, 2.75) is 32.3 Å². The van der Waals surface area contributed by atoms with Crippen molar-refractivity contribution in [3.63, 3.8) is 0 Å². The zero-order valence-corrected chi connectivity index (χ0v) is 9.84. The van der Waals surface area contributed by atoms with Crippen LogP contribution in [0.3, 0.4) is 0 Å². The van der Waals surface area contributed by atoms with E-state index in [0.29, 0.717) is 19.1 Å². The van der Waals surface area contributed by atoms with Crippen molar-refractivity contribution in [2.75, 3.05) is 26.8 Å². The van der Waals surface area contributed by atoms with Gasteiger partial charge in [0.2, 0.25) is 0 Å². The van der Waals surface area contributed by atoms with Crippen LogP contribution in [0.4, 0.5) is 0 Å². The van der Waals surface area contributed by atoms with Crippen molar-refractivity contribution in [3.05, 3.63) is 0 Å². The highest BCUT2D eigenvalue weighted by Gasteiger charge is 2.43. The second-order valence-electron chi connectivity index (χ2n) is 4.27. The van der Waals surface area contributed by atoms with Gasteiger partial charge in [-0.05, 0) is 25.3 Å². The average Bonchev–Trinajstić information content (AvgIpc) is 2.25. The molecule has 0 aliphatic carbocycles. The number of piperidine rings is 1. The molecule has 0 saturated carbocycles. The van der Waals surface area contributed by atoms with E-state index in [4.69, 9.17) is 9.47 Å². The average molecular weight is 215 g/mol. The van der Waals surface area contributed by atoms with E-state index in [9.17, 15) is 4.79 Å². The van der Waals surface area contributed by atoms with Crippen LogP contribution in [-0.4, -0.2) is 38.4 Å². The second-order valence-corrected chi connectivity index (χ2v) is 4.27. The van der Waals surface area contributed by atoms with Crippen molar-refractivity contribution in [2.24, 2.45) is 5.92 Å². The molecule has 1 aliphatic heterocycles. The van der Waals surface area contributed by atoms with Gasteiger partial charge in [-0.15, -0.1) is 0 Å². The van der Waals surface area contributed by atoms with Gasteiger partial charge < -0.3 is 14.8 Å². The van der Waals surface area contributed by atoms with E-state index in [-0.39, 0.29) is 5.97 Å². The fourth-order valence-electron chi connectivity index (χ4n) is 2.04. The first-order valence-electron chi connectivity index (χ1n) is 5.57. The minimum atomic E-state index is -0.761. The standard InChI is InChI=1S/C11H21NO3/c1-4-5-15-11(10(13)14-3)6-9(2)7-12-8-11/h9,12H,4-8H2,1-3H3/t9-,11+/m1/s1. The molecule has 0 bridgehead atoms. The predicted molar refractivity (Wildman–Crippen MR) is 57.6 cm³/mol. The SMILES string of the molecule is CCCO[C@]1(C(=O)OC)CNC[C@H](C)C1. The summed E-state index contributed by atoms with van der Waals surface area (Å²) in [7, 11) is 1.42. The molecule has 0 aromatic heterocycles. The highest BCUT2D eigenvalue weighted by atomic mass is 16.6. The number of hydrogen-bond donors (Lipinski definition) is 1. The summed E-state index contributed by atoms with van der Waals surface area (Å²) in [5.41, 5.74) is -0.761. The van der Waals surface area contributed by atoms with Gasteiger partial charge in [0.25, 0.3) is 0 Å². The molecule has 0 unspecified atom stereocenters. The van der Waals surface area contributed by atoms with Crippen LogP contribution in [0.1, 0.15) is 26.7 Å². The number of carbonyl (C=O) groups is 1. The largest absolute Gasteiger partial charge is 0.467 e. The van der Waals surface area contributed by atoms with Crippen molar-refractivity contribution in [1.29, 1.82) is 0 Å². The van der Waals surface area contributed by atoms with Crippen LogP contribution >= 0.6 is 0 Å². The smallest absolute Gasteiger partial charge is 0.339 e. The highest BCUT2D eigenvalue weighted by Crippen LogP contribution is 2.26. The Morgan fingerprint density at radius 3 is 2.87 bits per heavy atom. The molecule has 15 heavy (non-hydrogen) atoms. The Balaban J connectivity index is 2.70. The lowest BCUT2D eigenvalue weighted by Crippen LogP contribution is -2.56. The van der Waals surface area contributed by atoms with E-state index in [0.717, 1.165) is 19.4 Å². The van der Waals surface area contributed by atoms with Crippen LogP contribution in [0.25, 0.3) is 0 Å². The maximum absolute atomic E-state index is 11.8. The molecule has 0 radical (unpaired) electrons. The molecule has 2 atom stereocenters. The summed E-state index contributed by atoms with van der Waals surface area (Å²) in [4.78, 5) is 11.8. The fourth-order valence-corrected chi connectivity index (χ4v) is 2.04. The van der Waals surface area contributed by atoms with Gasteiger partial charge in [-0.2, -0.15) is 0 Å². The number of carbonyl (C=O) groups excluding carboxylic acids is 1. The molecule has 0 spiro atoms. The minimum Gasteiger partial charge on any atom is -0.467 e. The molecular weight excluding hydrogens is 194 g/mol. The maximum atomic E-state index is 11.8. The number of rotatable bonds is 4. The molecule has 88 valence electrons. The zero-order chi connectivity index (χ0) is 11.3. The van der Waals surface area contributed by atoms with Gasteiger partial charge in [0, 0.05) is 13.2 Å². The third-order valence-electron chi connectivity index (χ3n) is 2.72. The van der Waals surface area contributed by atoms with E-state index in [1.807, 2.05) is 6.92 Å². The van der Waals surface area contributed by atoms with Crippen molar-refractivity contribution in [3.8, 4) is 0 Å². The van der Waals surface area contributed by atoms with Gasteiger partial charge in [-0.25, -0.2) is 4.79 Å². The summed E-state index contributed by atoms with van der Waals surface area (Å²) in [5, 5.41) is 3.22. The minimum absolute atomic E-state index is 0.255. The van der Waals surface area contributed by atoms with Gasteiger partial charge in [-0.1, -0.05) is 13.8 Å². The highest BCUT2D eigenvalue weighted by molar-refractivity contribution is 5.80. The topological polar surface area (TPSA) is 47.6 Å². The van der Waals surface area contributed by atoms with E-state index in [1.165, 1.54) is 7.11 Å². The fraction of sp³-hybridized carbons (Fsp3) is 0.909. The lowest BCUT2D eigenvalue weighted by atomic mass is 9.87. The molecule has 4 nitrogen and oxygen atoms in total. The lowest BCUT2D eigenvalue weighted by Gasteiger charge is -2.37. The molecule has 1 rings (SSSR count). The van der Waals surface area contributed by atoms with Crippen LogP contribution in [-0.2, 0) is 14.3 Å². The van der Waals surface area contributed by atoms with Crippen LogP contribution in [0, 0.1) is 5.92 Å². The molecule has 1 heterocycles. The maximum Gasteiger partial charge on any atom is 0.339 e. The monoisotopic (exact) mass is 215 g/mol. The molecule has 1 saturated heterocycles. The predicted octanol–water partition coefficient (Wildman–Crippen LogP) is 0.954. The van der Waals surface area contributed by atoms with Gasteiger partial charge >= 0.3 is 5.97 Å². The van der Waals surface area contributed by atoms with E-state index in [2.05, 4.69) is 12.2 Å². The number of esters is 1. The van der Waals surface area contributed by atoms with Gasteiger partial charge in [0.05, 0.1) is 7.11 Å². The first-order chi connectivity index (χ1) is 7.14. The third kappa shape index (κ3) is 2.92. The summed E-state index contributed by atoms with van der Waals surface area (Å²) < 4.78 is 10.5. The summed E-state index contributed by atoms with van der Waals surface area (Å²) in [6, 6.07) is 0. The number of nitrogens with one attached hydrogen (secondary N) is 1. The molecule has 1 N–H and O–H groups in total. The Morgan fingerprint density at radius 2 is 2.33 bits per heavy atom. The normalized spacial score (nSPS) is 31.3. The Bertz CT molecular complexity index is 220. The second kappa shape index (κ2) is 5.47. The lowest BCUT2D eigenvalue weighted by molar-refractivity contribution is -0.174. The summed E-state index contributed by atoms with van der Waals surface area (Å²) in [5.74, 6) is 0.185. The van der Waals surface area contributed by atoms with Gasteiger partial charge in [0.1, 0.15) is 0 Å². The molecule has 0 aromatic carbocycles. The summed E-state index contributed by atoms with van der Waals surface area (Å²) in [6.07, 6.45) is 1.65. The summed E-state index contributed by atoms with van der Waals surface area (Å²) >= 11 is 0. The molecule has 1 fully saturated rings. The van der Waals surface area contributed by atoms with Crippen LogP contribution in [0.15, 0.2) is 0 Å². The van der Waals surface area contributed by atoms with Gasteiger partial charge in [0.15, 0.2) is 5.60 Å². The quantitative estimate of drug-likeness (QED) is 0.709. The Labute approximate surface area is 91.3 Å². The number of ether oxygens (including phenoxy) is 2. The Kier molecular flexibility index (Phi) is 4.54. The number of methoxy groups -OCH3 is 1. The van der Waals surface area contributed by atoms with Crippen LogP contribution in [0.5, 0.6) is 0 Å². The van der Waals surface area contributed by atoms with Crippen LogP contribution < -0.4 is 5.32 Å². The third-order valence-corrected chi connectivity index (χ3v) is 2.72. The summed E-state index contributed by atoms with van der Waals surface area (Å²) in [6.45, 7) is 6.24. The van der Waals surface area contributed by atoms with Crippen LogP contribution in [0.2, 0.25) is 0 Å². The zero-order valence-electron chi connectivity index (χ0n) is 9.84. The molecule has 1 aliphatic rings. The Hall–Kier alpha value is -0.610. The molecule has 4 heteroatoms. The van der Waals surface area contributed by atoms with E-state index in [1.54, 1.807) is 0 Å². The van der Waals surface area contributed by atoms with E-state index < -0.39 is 5.60 Å². The van der Waals surface area contributed by atoms with Crippen molar-refractivity contribution < 1.29 is 14.3 Å². The van der Waals surface area contributed by atoms with Crippen molar-refractivity contribution >= 4 is 5.97 Å². The molecular formula is C11H21NO3. The first kappa shape index (κ1) is 12.5. The molecule has 0 amide bonds. The van der Waals surface area contributed by atoms with Gasteiger partial charge in [-0.3, -0.25) is 0 Å². The number of hydrogen-bond acceptors (Lipinski definition) is 4. The van der Waals surface area contributed by atoms with Crippen molar-refractivity contribution in [1.82, 2.24) is 5.32 Å². The molecule has 0 aromatic rings. The Morgan fingerprint density at radius 1 is 1.60 bits per heavy atom.